The molecule has 0 saturated heterocycles. The van der Waals surface area contributed by atoms with Crippen molar-refractivity contribution in [3.8, 4) is 23.0 Å². The summed E-state index contributed by atoms with van der Waals surface area (Å²) in [6.45, 7) is 0. The molecule has 0 radical (unpaired) electrons. The molecule has 1 N–H and O–H groups in total. The Morgan fingerprint density at radius 2 is 2.04 bits per heavy atom. The van der Waals surface area contributed by atoms with Crippen LogP contribution in [0.3, 0.4) is 0 Å². The molecule has 0 fully saturated rings. The number of ether oxygens (including phenoxy) is 2. The van der Waals surface area contributed by atoms with E-state index in [0.717, 1.165) is 5.56 Å². The topological polar surface area (TPSA) is 90.2 Å². The van der Waals surface area contributed by atoms with Crippen LogP contribution in [-0.4, -0.2) is 45.3 Å². The molecule has 3 aromatic rings. The number of hydrogen-bond donors (Lipinski definition) is 1. The smallest absolute Gasteiger partial charge is 0.216 e. The van der Waals surface area contributed by atoms with Gasteiger partial charge in [0.25, 0.3) is 0 Å². The first kappa shape index (κ1) is 15.8. The number of methoxy groups -OCH3 is 2. The van der Waals surface area contributed by atoms with Crippen LogP contribution < -0.4 is 9.47 Å². The number of H-pyrrole nitrogens is 1. The van der Waals surface area contributed by atoms with Crippen LogP contribution in [0.2, 0.25) is 0 Å². The molecule has 2 aromatic heterocycles. The third-order valence-corrected chi connectivity index (χ3v) is 3.44. The van der Waals surface area contributed by atoms with Gasteiger partial charge in [-0.15, -0.1) is 0 Å². The van der Waals surface area contributed by atoms with E-state index in [1.54, 1.807) is 45.1 Å². The van der Waals surface area contributed by atoms with Gasteiger partial charge in [0, 0.05) is 12.4 Å². The molecule has 0 aliphatic rings. The molecule has 0 unspecified atom stereocenters. The maximum absolute atomic E-state index is 5.28. The number of rotatable bonds is 5. The summed E-state index contributed by atoms with van der Waals surface area (Å²) < 4.78 is 12.3. The third kappa shape index (κ3) is 3.15. The zero-order chi connectivity index (χ0) is 16.9. The van der Waals surface area contributed by atoms with E-state index in [1.165, 1.54) is 4.68 Å². The lowest BCUT2D eigenvalue weighted by atomic mass is 10.2. The summed E-state index contributed by atoms with van der Waals surface area (Å²) in [6.07, 6.45) is 6.40. The monoisotopic (exact) mass is 342 g/mol. The fourth-order valence-corrected chi connectivity index (χ4v) is 2.22. The van der Waals surface area contributed by atoms with Crippen molar-refractivity contribution >= 4 is 18.4 Å². The summed E-state index contributed by atoms with van der Waals surface area (Å²) in [5, 5.41) is 11.2. The summed E-state index contributed by atoms with van der Waals surface area (Å²) in [5.41, 5.74) is 1.38. The van der Waals surface area contributed by atoms with Crippen LogP contribution in [0.1, 0.15) is 5.56 Å². The van der Waals surface area contributed by atoms with Crippen molar-refractivity contribution in [3.63, 3.8) is 0 Å². The number of aromatic nitrogens is 5. The maximum Gasteiger partial charge on any atom is 0.216 e. The first-order chi connectivity index (χ1) is 11.7. The lowest BCUT2D eigenvalue weighted by Crippen LogP contribution is -1.97. The van der Waals surface area contributed by atoms with Crippen LogP contribution in [0, 0.1) is 4.77 Å². The number of hydrogen-bond acceptors (Lipinski definition) is 7. The van der Waals surface area contributed by atoms with E-state index in [-0.39, 0.29) is 0 Å². The van der Waals surface area contributed by atoms with Crippen molar-refractivity contribution in [1.29, 1.82) is 0 Å². The molecule has 0 saturated carbocycles. The average Bonchev–Trinajstić information content (AvgIpc) is 3.01. The van der Waals surface area contributed by atoms with Crippen LogP contribution >= 0.6 is 12.2 Å². The molecule has 0 bridgehead atoms. The van der Waals surface area contributed by atoms with E-state index in [1.807, 2.05) is 12.1 Å². The van der Waals surface area contributed by atoms with Gasteiger partial charge in [-0.25, -0.2) is 10.1 Å². The Morgan fingerprint density at radius 1 is 1.21 bits per heavy atom. The Hall–Kier alpha value is -3.07. The summed E-state index contributed by atoms with van der Waals surface area (Å²) >= 11 is 5.21. The summed E-state index contributed by atoms with van der Waals surface area (Å²) in [7, 11) is 3.17. The second-order valence-corrected chi connectivity index (χ2v) is 5.00. The highest BCUT2D eigenvalue weighted by atomic mass is 32.1. The Labute approximate surface area is 142 Å². The van der Waals surface area contributed by atoms with Gasteiger partial charge in [0.2, 0.25) is 10.6 Å². The van der Waals surface area contributed by atoms with Crippen molar-refractivity contribution in [2.24, 2.45) is 5.10 Å². The van der Waals surface area contributed by atoms with Crippen molar-refractivity contribution in [2.45, 2.75) is 0 Å². The van der Waals surface area contributed by atoms with Gasteiger partial charge < -0.3 is 9.47 Å². The van der Waals surface area contributed by atoms with E-state index in [9.17, 15) is 0 Å². The normalized spacial score (nSPS) is 10.9. The lowest BCUT2D eigenvalue weighted by molar-refractivity contribution is 0.355. The van der Waals surface area contributed by atoms with Gasteiger partial charge in [0.05, 0.1) is 26.6 Å². The predicted octanol–water partition coefficient (Wildman–Crippen LogP) is 2.30. The molecule has 0 atom stereocenters. The standard InChI is InChI=1S/C15H14N6O2S/c1-22-12-4-3-10(7-13(12)23-2)8-18-21-14(19-20-15(21)24)11-9-16-5-6-17-11/h3-9H,1-2H3,(H,20,24)/b18-8+. The summed E-state index contributed by atoms with van der Waals surface area (Å²) in [6, 6.07) is 5.48. The van der Waals surface area contributed by atoms with Crippen LogP contribution in [-0.2, 0) is 0 Å². The largest absolute Gasteiger partial charge is 0.493 e. The van der Waals surface area contributed by atoms with Crippen molar-refractivity contribution in [1.82, 2.24) is 24.8 Å². The summed E-state index contributed by atoms with van der Waals surface area (Å²) in [4.78, 5) is 8.23. The van der Waals surface area contributed by atoms with Crippen molar-refractivity contribution in [2.75, 3.05) is 14.2 Å². The van der Waals surface area contributed by atoms with Gasteiger partial charge in [-0.2, -0.15) is 14.9 Å². The van der Waals surface area contributed by atoms with E-state index >= 15 is 0 Å². The first-order valence-electron chi connectivity index (χ1n) is 6.93. The minimum absolute atomic E-state index is 0.354. The van der Waals surface area contributed by atoms with Crippen molar-refractivity contribution < 1.29 is 9.47 Å². The van der Waals surface area contributed by atoms with Gasteiger partial charge in [-0.3, -0.25) is 4.98 Å². The minimum Gasteiger partial charge on any atom is -0.493 e. The van der Waals surface area contributed by atoms with Gasteiger partial charge in [0.15, 0.2) is 11.5 Å². The van der Waals surface area contributed by atoms with Crippen LogP contribution in [0.25, 0.3) is 11.5 Å². The third-order valence-electron chi connectivity index (χ3n) is 3.17. The van der Waals surface area contributed by atoms with Gasteiger partial charge in [0.1, 0.15) is 5.69 Å². The summed E-state index contributed by atoms with van der Waals surface area (Å²) in [5.74, 6) is 1.74. The molecule has 0 aliphatic heterocycles. The molecule has 0 aliphatic carbocycles. The van der Waals surface area contributed by atoms with Crippen LogP contribution in [0.15, 0.2) is 41.9 Å². The SMILES string of the molecule is COc1ccc(/C=N/n2c(-c3cnccn3)n[nH]c2=S)cc1OC. The molecule has 122 valence electrons. The second kappa shape index (κ2) is 7.01. The molecule has 2 heterocycles. The highest BCUT2D eigenvalue weighted by Gasteiger charge is 2.09. The van der Waals surface area contributed by atoms with Gasteiger partial charge in [-0.05, 0) is 36.0 Å². The van der Waals surface area contributed by atoms with E-state index in [4.69, 9.17) is 21.7 Å². The average molecular weight is 342 g/mol. The van der Waals surface area contributed by atoms with Gasteiger partial charge in [-0.1, -0.05) is 0 Å². The fraction of sp³-hybridized carbons (Fsp3) is 0.133. The number of aromatic amines is 1. The van der Waals surface area contributed by atoms with E-state index in [2.05, 4.69) is 25.3 Å². The Kier molecular flexibility index (Phi) is 4.62. The molecule has 0 spiro atoms. The Balaban J connectivity index is 1.96. The van der Waals surface area contributed by atoms with Crippen LogP contribution in [0.4, 0.5) is 0 Å². The van der Waals surface area contributed by atoms with Crippen molar-refractivity contribution in [3.05, 3.63) is 47.1 Å². The fourth-order valence-electron chi connectivity index (χ4n) is 2.04. The number of benzene rings is 1. The second-order valence-electron chi connectivity index (χ2n) is 4.61. The molecule has 8 nitrogen and oxygen atoms in total. The molecular weight excluding hydrogens is 328 g/mol. The van der Waals surface area contributed by atoms with Gasteiger partial charge >= 0.3 is 0 Å². The number of nitrogens with zero attached hydrogens (tertiary/aromatic N) is 5. The van der Waals surface area contributed by atoms with Crippen LogP contribution in [0.5, 0.6) is 11.5 Å². The first-order valence-corrected chi connectivity index (χ1v) is 7.34. The Morgan fingerprint density at radius 3 is 2.75 bits per heavy atom. The molecular formula is C15H14N6O2S. The minimum atomic E-state index is 0.354. The molecule has 1 aromatic carbocycles. The molecule has 3 rings (SSSR count). The van der Waals surface area contributed by atoms with E-state index < -0.39 is 0 Å². The molecule has 0 amide bonds. The highest BCUT2D eigenvalue weighted by molar-refractivity contribution is 7.71. The quantitative estimate of drug-likeness (QED) is 0.565. The number of nitrogens with one attached hydrogen (secondary N) is 1. The predicted molar refractivity (Wildman–Crippen MR) is 91.0 cm³/mol. The zero-order valence-corrected chi connectivity index (χ0v) is 13.8. The lowest BCUT2D eigenvalue weighted by Gasteiger charge is -2.07. The molecule has 24 heavy (non-hydrogen) atoms. The Bertz CT molecular complexity index is 919. The highest BCUT2D eigenvalue weighted by Crippen LogP contribution is 2.27. The zero-order valence-electron chi connectivity index (χ0n) is 13.0. The van der Waals surface area contributed by atoms with E-state index in [0.29, 0.717) is 27.8 Å². The maximum atomic E-state index is 5.28. The molecule has 9 heteroatoms.